The van der Waals surface area contributed by atoms with Gasteiger partial charge in [0.05, 0.1) is 22.8 Å². The van der Waals surface area contributed by atoms with Crippen molar-refractivity contribution in [3.63, 3.8) is 0 Å². The SMILES string of the molecule is CCCS(=O)(=O)c1ccccc1C(=O)NCC(OC)C(=O)O. The van der Waals surface area contributed by atoms with E-state index in [9.17, 15) is 18.0 Å². The van der Waals surface area contributed by atoms with Gasteiger partial charge < -0.3 is 15.2 Å². The lowest BCUT2D eigenvalue weighted by atomic mass is 10.2. The molecule has 7 nitrogen and oxygen atoms in total. The van der Waals surface area contributed by atoms with Gasteiger partial charge in [0.2, 0.25) is 0 Å². The molecule has 1 unspecified atom stereocenters. The van der Waals surface area contributed by atoms with E-state index in [-0.39, 0.29) is 22.8 Å². The zero-order valence-corrected chi connectivity index (χ0v) is 13.2. The largest absolute Gasteiger partial charge is 0.479 e. The molecule has 0 fully saturated rings. The van der Waals surface area contributed by atoms with Crippen LogP contribution in [0.3, 0.4) is 0 Å². The maximum Gasteiger partial charge on any atom is 0.334 e. The van der Waals surface area contributed by atoms with Gasteiger partial charge in [-0.25, -0.2) is 13.2 Å². The van der Waals surface area contributed by atoms with E-state index in [1.165, 1.54) is 25.3 Å². The quantitative estimate of drug-likeness (QED) is 0.726. The summed E-state index contributed by atoms with van der Waals surface area (Å²) in [6.45, 7) is 1.48. The van der Waals surface area contributed by atoms with E-state index in [1.54, 1.807) is 13.0 Å². The maximum atomic E-state index is 12.2. The van der Waals surface area contributed by atoms with E-state index in [4.69, 9.17) is 9.84 Å². The van der Waals surface area contributed by atoms with E-state index in [2.05, 4.69) is 5.32 Å². The van der Waals surface area contributed by atoms with Crippen molar-refractivity contribution in [1.82, 2.24) is 5.32 Å². The minimum absolute atomic E-state index is 0.00353. The predicted octanol–water partition coefficient (Wildman–Crippen LogP) is 0.700. The van der Waals surface area contributed by atoms with Crippen molar-refractivity contribution in [2.24, 2.45) is 0 Å². The molecule has 1 amide bonds. The Kier molecular flexibility index (Phi) is 6.51. The van der Waals surface area contributed by atoms with Gasteiger partial charge in [-0.15, -0.1) is 0 Å². The summed E-state index contributed by atoms with van der Waals surface area (Å²) in [5.41, 5.74) is -0.00353. The average Bonchev–Trinajstić information content (AvgIpc) is 2.47. The standard InChI is InChI=1S/C14H19NO6S/c1-3-8-22(19,20)12-7-5-4-6-10(12)13(16)15-9-11(21-2)14(17)18/h4-7,11H,3,8-9H2,1-2H3,(H,15,16)(H,17,18). The number of hydrogen-bond donors (Lipinski definition) is 2. The number of methoxy groups -OCH3 is 1. The molecule has 0 aliphatic carbocycles. The van der Waals surface area contributed by atoms with Gasteiger partial charge in [0.15, 0.2) is 15.9 Å². The molecular formula is C14H19NO6S. The second-order valence-electron chi connectivity index (χ2n) is 4.59. The summed E-state index contributed by atoms with van der Waals surface area (Å²) in [6.07, 6.45) is -0.758. The lowest BCUT2D eigenvalue weighted by Crippen LogP contribution is -2.38. The van der Waals surface area contributed by atoms with Crippen LogP contribution in [0.4, 0.5) is 0 Å². The molecule has 22 heavy (non-hydrogen) atoms. The summed E-state index contributed by atoms with van der Waals surface area (Å²) < 4.78 is 29.0. The molecular weight excluding hydrogens is 310 g/mol. The first-order valence-electron chi connectivity index (χ1n) is 6.69. The van der Waals surface area contributed by atoms with Crippen molar-refractivity contribution in [2.45, 2.75) is 24.3 Å². The third-order valence-electron chi connectivity index (χ3n) is 2.95. The van der Waals surface area contributed by atoms with Crippen LogP contribution in [-0.2, 0) is 19.4 Å². The lowest BCUT2D eigenvalue weighted by molar-refractivity contribution is -0.148. The van der Waals surface area contributed by atoms with Crippen LogP contribution in [-0.4, -0.2) is 50.9 Å². The number of amides is 1. The molecule has 8 heteroatoms. The third kappa shape index (κ3) is 4.54. The van der Waals surface area contributed by atoms with Crippen LogP contribution in [0.25, 0.3) is 0 Å². The predicted molar refractivity (Wildman–Crippen MR) is 79.6 cm³/mol. The number of benzene rings is 1. The first kappa shape index (κ1) is 18.1. The van der Waals surface area contributed by atoms with Crippen molar-refractivity contribution in [3.8, 4) is 0 Å². The van der Waals surface area contributed by atoms with Crippen LogP contribution >= 0.6 is 0 Å². The van der Waals surface area contributed by atoms with Crippen molar-refractivity contribution < 1.29 is 27.9 Å². The van der Waals surface area contributed by atoms with Crippen molar-refractivity contribution in [2.75, 3.05) is 19.4 Å². The van der Waals surface area contributed by atoms with Gasteiger partial charge in [0.1, 0.15) is 0 Å². The van der Waals surface area contributed by atoms with Gasteiger partial charge in [0, 0.05) is 7.11 Å². The molecule has 1 aromatic rings. The highest BCUT2D eigenvalue weighted by Gasteiger charge is 2.23. The van der Waals surface area contributed by atoms with Crippen LogP contribution in [0.1, 0.15) is 23.7 Å². The highest BCUT2D eigenvalue weighted by molar-refractivity contribution is 7.91. The first-order valence-corrected chi connectivity index (χ1v) is 8.34. The summed E-state index contributed by atoms with van der Waals surface area (Å²) in [7, 11) is -2.34. The molecule has 1 rings (SSSR count). The molecule has 0 aliphatic heterocycles. The van der Waals surface area contributed by atoms with Crippen LogP contribution in [0.2, 0.25) is 0 Å². The number of ether oxygens (including phenoxy) is 1. The van der Waals surface area contributed by atoms with Gasteiger partial charge >= 0.3 is 5.97 Å². The Labute approximate surface area is 129 Å². The van der Waals surface area contributed by atoms with Crippen LogP contribution < -0.4 is 5.32 Å². The fourth-order valence-electron chi connectivity index (χ4n) is 1.86. The van der Waals surface area contributed by atoms with Crippen LogP contribution in [0.15, 0.2) is 29.2 Å². The molecule has 0 radical (unpaired) electrons. The summed E-state index contributed by atoms with van der Waals surface area (Å²) in [4.78, 5) is 22.9. The topological polar surface area (TPSA) is 110 Å². The number of carboxylic acids is 1. The Balaban J connectivity index is 2.98. The molecule has 0 saturated carbocycles. The van der Waals surface area contributed by atoms with Crippen molar-refractivity contribution >= 4 is 21.7 Å². The van der Waals surface area contributed by atoms with Gasteiger partial charge in [-0.05, 0) is 18.6 Å². The zero-order chi connectivity index (χ0) is 16.8. The van der Waals surface area contributed by atoms with Crippen LogP contribution in [0, 0.1) is 0 Å². The third-order valence-corrected chi connectivity index (χ3v) is 4.92. The summed E-state index contributed by atoms with van der Waals surface area (Å²) >= 11 is 0. The second kappa shape index (κ2) is 7.90. The Morgan fingerprint density at radius 1 is 1.32 bits per heavy atom. The molecule has 1 atom stereocenters. The zero-order valence-electron chi connectivity index (χ0n) is 12.4. The molecule has 0 aromatic heterocycles. The minimum atomic E-state index is -3.55. The van der Waals surface area contributed by atoms with Gasteiger partial charge in [0.25, 0.3) is 5.91 Å². The molecule has 0 saturated heterocycles. The molecule has 0 heterocycles. The van der Waals surface area contributed by atoms with Crippen LogP contribution in [0.5, 0.6) is 0 Å². The number of aliphatic carboxylic acids is 1. The number of hydrogen-bond acceptors (Lipinski definition) is 5. The molecule has 122 valence electrons. The molecule has 0 bridgehead atoms. The maximum absolute atomic E-state index is 12.2. The van der Waals surface area contributed by atoms with E-state index < -0.39 is 27.8 Å². The fraction of sp³-hybridized carbons (Fsp3) is 0.429. The summed E-state index contributed by atoms with van der Waals surface area (Å²) in [5, 5.41) is 11.2. The van der Waals surface area contributed by atoms with E-state index >= 15 is 0 Å². The Morgan fingerprint density at radius 3 is 2.50 bits per heavy atom. The highest BCUT2D eigenvalue weighted by atomic mass is 32.2. The smallest absolute Gasteiger partial charge is 0.334 e. The van der Waals surface area contributed by atoms with Gasteiger partial charge in [-0.1, -0.05) is 19.1 Å². The number of rotatable bonds is 8. The Bertz CT molecular complexity index is 640. The second-order valence-corrected chi connectivity index (χ2v) is 6.67. The highest BCUT2D eigenvalue weighted by Crippen LogP contribution is 2.17. The number of carbonyl (C=O) groups excluding carboxylic acids is 1. The fourth-order valence-corrected chi connectivity index (χ4v) is 3.40. The van der Waals surface area contributed by atoms with E-state index in [0.29, 0.717) is 6.42 Å². The van der Waals surface area contributed by atoms with E-state index in [1.807, 2.05) is 0 Å². The van der Waals surface area contributed by atoms with Gasteiger partial charge in [-0.3, -0.25) is 4.79 Å². The molecule has 1 aromatic carbocycles. The normalized spacial score (nSPS) is 12.6. The number of carboxylic acid groups (broad SMARTS) is 1. The molecule has 0 spiro atoms. The summed E-state index contributed by atoms with van der Waals surface area (Å²) in [5.74, 6) is -1.93. The molecule has 2 N–H and O–H groups in total. The molecule has 0 aliphatic rings. The summed E-state index contributed by atoms with van der Waals surface area (Å²) in [6, 6.07) is 5.84. The van der Waals surface area contributed by atoms with Crippen molar-refractivity contribution in [1.29, 1.82) is 0 Å². The Morgan fingerprint density at radius 2 is 1.95 bits per heavy atom. The average molecular weight is 329 g/mol. The lowest BCUT2D eigenvalue weighted by Gasteiger charge is -2.13. The minimum Gasteiger partial charge on any atom is -0.479 e. The van der Waals surface area contributed by atoms with Crippen molar-refractivity contribution in [3.05, 3.63) is 29.8 Å². The van der Waals surface area contributed by atoms with Gasteiger partial charge in [-0.2, -0.15) is 0 Å². The Hall–Kier alpha value is -1.93. The monoisotopic (exact) mass is 329 g/mol. The number of sulfone groups is 1. The number of nitrogens with one attached hydrogen (secondary N) is 1. The number of carbonyl (C=O) groups is 2. The first-order chi connectivity index (χ1) is 10.3. The van der Waals surface area contributed by atoms with E-state index in [0.717, 1.165) is 0 Å².